The van der Waals surface area contributed by atoms with Gasteiger partial charge in [0.15, 0.2) is 5.82 Å². The Balaban J connectivity index is 2.03. The highest BCUT2D eigenvalue weighted by atomic mass is 32.1. The highest BCUT2D eigenvalue weighted by Crippen LogP contribution is 2.31. The lowest BCUT2D eigenvalue weighted by Crippen LogP contribution is -2.24. The van der Waals surface area contributed by atoms with Gasteiger partial charge in [-0.3, -0.25) is 0 Å². The van der Waals surface area contributed by atoms with Crippen LogP contribution < -0.4 is 5.73 Å². The fourth-order valence-corrected chi connectivity index (χ4v) is 3.03. The predicted molar refractivity (Wildman–Crippen MR) is 86.7 cm³/mol. The smallest absolute Gasteiger partial charge is 0.158 e. The summed E-state index contributed by atoms with van der Waals surface area (Å²) in [5.41, 5.74) is 7.04. The van der Waals surface area contributed by atoms with E-state index in [1.165, 1.54) is 10.4 Å². The third-order valence-electron chi connectivity index (χ3n) is 3.74. The lowest BCUT2D eigenvalue weighted by Gasteiger charge is -2.22. The second-order valence-corrected chi connectivity index (χ2v) is 6.96. The quantitative estimate of drug-likeness (QED) is 0.830. The van der Waals surface area contributed by atoms with E-state index < -0.39 is 0 Å². The van der Waals surface area contributed by atoms with Gasteiger partial charge in [-0.25, -0.2) is 9.97 Å². The number of fused-ring (bicyclic) bond motifs is 1. The van der Waals surface area contributed by atoms with Gasteiger partial charge in [0.1, 0.15) is 17.3 Å². The van der Waals surface area contributed by atoms with Crippen LogP contribution in [0.2, 0.25) is 0 Å². The van der Waals surface area contributed by atoms with Crippen molar-refractivity contribution in [2.75, 3.05) is 19.5 Å². The molecule has 0 atom stereocenters. The molecule has 2 heterocycles. The maximum atomic E-state index is 6.05. The van der Waals surface area contributed by atoms with Crippen LogP contribution in [0, 0.1) is 13.8 Å². The molecule has 0 bridgehead atoms. The average Bonchev–Trinajstić information content (AvgIpc) is 2.70. The van der Waals surface area contributed by atoms with Gasteiger partial charge < -0.3 is 15.2 Å². The maximum absolute atomic E-state index is 6.05. The van der Waals surface area contributed by atoms with Gasteiger partial charge in [0.25, 0.3) is 0 Å². The molecule has 0 aliphatic rings. The van der Waals surface area contributed by atoms with Crippen LogP contribution in [0.1, 0.15) is 36.5 Å². The standard InChI is InChI=1S/C15H23N3O2S/c1-9-10(2)21-14-12(9)13(16)17-11(18-14)8-20-7-6-15(3,4)19-5/h6-8H2,1-5H3,(H2,16,17,18). The average molecular weight is 309 g/mol. The maximum Gasteiger partial charge on any atom is 0.158 e. The van der Waals surface area contributed by atoms with E-state index >= 15 is 0 Å². The number of rotatable bonds is 6. The molecule has 0 fully saturated rings. The zero-order chi connectivity index (χ0) is 15.6. The highest BCUT2D eigenvalue weighted by molar-refractivity contribution is 7.18. The third-order valence-corrected chi connectivity index (χ3v) is 4.84. The van der Waals surface area contributed by atoms with Crippen molar-refractivity contribution in [1.82, 2.24) is 9.97 Å². The largest absolute Gasteiger partial charge is 0.383 e. The summed E-state index contributed by atoms with van der Waals surface area (Å²) >= 11 is 1.65. The SMILES string of the molecule is COC(C)(C)CCOCc1nc(N)c2c(C)c(C)sc2n1. The van der Waals surface area contributed by atoms with Crippen LogP contribution in [0.3, 0.4) is 0 Å². The first-order valence-corrected chi connectivity index (χ1v) is 7.80. The zero-order valence-corrected chi connectivity index (χ0v) is 14.1. The summed E-state index contributed by atoms with van der Waals surface area (Å²) < 4.78 is 11.0. The van der Waals surface area contributed by atoms with Crippen molar-refractivity contribution >= 4 is 27.4 Å². The zero-order valence-electron chi connectivity index (χ0n) is 13.3. The van der Waals surface area contributed by atoms with Crippen LogP contribution in [0.5, 0.6) is 0 Å². The Morgan fingerprint density at radius 3 is 2.62 bits per heavy atom. The van der Waals surface area contributed by atoms with Crippen molar-refractivity contribution in [3.63, 3.8) is 0 Å². The Hall–Kier alpha value is -1.24. The van der Waals surface area contributed by atoms with E-state index in [0.717, 1.165) is 16.6 Å². The number of thiophene rings is 1. The first kappa shape index (κ1) is 16.1. The minimum absolute atomic E-state index is 0.175. The molecule has 0 spiro atoms. The molecule has 0 aromatic carbocycles. The summed E-state index contributed by atoms with van der Waals surface area (Å²) in [6.45, 7) is 9.17. The molecule has 2 aromatic rings. The lowest BCUT2D eigenvalue weighted by molar-refractivity contribution is -0.0131. The van der Waals surface area contributed by atoms with Crippen molar-refractivity contribution in [3.8, 4) is 0 Å². The molecule has 0 saturated heterocycles. The molecule has 21 heavy (non-hydrogen) atoms. The molecule has 0 aliphatic carbocycles. The number of nitrogen functional groups attached to an aromatic ring is 1. The molecule has 0 aliphatic heterocycles. The molecular weight excluding hydrogens is 286 g/mol. The van der Waals surface area contributed by atoms with Gasteiger partial charge in [-0.05, 0) is 39.7 Å². The number of aryl methyl sites for hydroxylation is 2. The van der Waals surface area contributed by atoms with Gasteiger partial charge in [0.05, 0.1) is 11.0 Å². The van der Waals surface area contributed by atoms with Crippen molar-refractivity contribution < 1.29 is 9.47 Å². The number of hydrogen-bond donors (Lipinski definition) is 1. The Kier molecular flexibility index (Phi) is 4.81. The van der Waals surface area contributed by atoms with Crippen LogP contribution in [0.4, 0.5) is 5.82 Å². The van der Waals surface area contributed by atoms with Gasteiger partial charge in [0.2, 0.25) is 0 Å². The Bertz CT molecular complexity index is 637. The summed E-state index contributed by atoms with van der Waals surface area (Å²) in [5, 5.41) is 0.974. The lowest BCUT2D eigenvalue weighted by atomic mass is 10.1. The van der Waals surface area contributed by atoms with Crippen molar-refractivity contribution in [2.45, 2.75) is 46.3 Å². The number of nitrogens with zero attached hydrogens (tertiary/aromatic N) is 2. The molecule has 0 amide bonds. The Morgan fingerprint density at radius 1 is 1.24 bits per heavy atom. The van der Waals surface area contributed by atoms with E-state index in [-0.39, 0.29) is 5.60 Å². The van der Waals surface area contributed by atoms with Crippen LogP contribution in [-0.2, 0) is 16.1 Å². The molecule has 2 N–H and O–H groups in total. The fourth-order valence-electron chi connectivity index (χ4n) is 1.97. The summed E-state index contributed by atoms with van der Waals surface area (Å²) in [7, 11) is 1.71. The van der Waals surface area contributed by atoms with Crippen molar-refractivity contribution in [1.29, 1.82) is 0 Å². The van der Waals surface area contributed by atoms with Crippen LogP contribution in [-0.4, -0.2) is 29.3 Å². The van der Waals surface area contributed by atoms with Crippen LogP contribution in [0.25, 0.3) is 10.2 Å². The summed E-state index contributed by atoms with van der Waals surface area (Å²) in [5.74, 6) is 1.18. The Morgan fingerprint density at radius 2 is 1.95 bits per heavy atom. The van der Waals surface area contributed by atoms with E-state index in [2.05, 4.69) is 23.8 Å². The molecule has 116 valence electrons. The van der Waals surface area contributed by atoms with Crippen LogP contribution >= 0.6 is 11.3 Å². The van der Waals surface area contributed by atoms with E-state index in [0.29, 0.717) is 24.9 Å². The number of nitrogens with two attached hydrogens (primary N) is 1. The van der Waals surface area contributed by atoms with Gasteiger partial charge in [0, 0.05) is 18.6 Å². The van der Waals surface area contributed by atoms with Gasteiger partial charge >= 0.3 is 0 Å². The normalized spacial score (nSPS) is 12.2. The number of anilines is 1. The van der Waals surface area contributed by atoms with E-state index in [1.807, 2.05) is 13.8 Å². The summed E-state index contributed by atoms with van der Waals surface area (Å²) in [4.78, 5) is 11.1. The van der Waals surface area contributed by atoms with Gasteiger partial charge in [-0.15, -0.1) is 11.3 Å². The van der Waals surface area contributed by atoms with Gasteiger partial charge in [-0.1, -0.05) is 0 Å². The Labute approximate surface area is 129 Å². The minimum Gasteiger partial charge on any atom is -0.383 e. The highest BCUT2D eigenvalue weighted by Gasteiger charge is 2.16. The van der Waals surface area contributed by atoms with Crippen molar-refractivity contribution in [2.24, 2.45) is 0 Å². The molecule has 2 rings (SSSR count). The number of methoxy groups -OCH3 is 1. The van der Waals surface area contributed by atoms with Crippen molar-refractivity contribution in [3.05, 3.63) is 16.3 Å². The number of aromatic nitrogens is 2. The summed E-state index contributed by atoms with van der Waals surface area (Å²) in [6, 6.07) is 0. The molecule has 0 saturated carbocycles. The molecule has 6 heteroatoms. The molecule has 0 radical (unpaired) electrons. The third kappa shape index (κ3) is 3.70. The monoisotopic (exact) mass is 309 g/mol. The van der Waals surface area contributed by atoms with E-state index in [9.17, 15) is 0 Å². The number of ether oxygens (including phenoxy) is 2. The second-order valence-electron chi connectivity index (χ2n) is 5.75. The molecule has 2 aromatic heterocycles. The number of hydrogen-bond acceptors (Lipinski definition) is 6. The second kappa shape index (κ2) is 6.25. The minimum atomic E-state index is -0.175. The first-order valence-electron chi connectivity index (χ1n) is 6.99. The predicted octanol–water partition coefficient (Wildman–Crippen LogP) is 3.22. The molecule has 0 unspecified atom stereocenters. The van der Waals surface area contributed by atoms with Crippen LogP contribution in [0.15, 0.2) is 0 Å². The topological polar surface area (TPSA) is 70.3 Å². The summed E-state index contributed by atoms with van der Waals surface area (Å²) in [6.07, 6.45) is 0.818. The van der Waals surface area contributed by atoms with E-state index in [4.69, 9.17) is 15.2 Å². The first-order chi connectivity index (χ1) is 9.84. The molecule has 5 nitrogen and oxygen atoms in total. The fraction of sp³-hybridized carbons (Fsp3) is 0.600. The van der Waals surface area contributed by atoms with E-state index in [1.54, 1.807) is 18.4 Å². The van der Waals surface area contributed by atoms with Gasteiger partial charge in [-0.2, -0.15) is 0 Å². The molecular formula is C15H23N3O2S.